The summed E-state index contributed by atoms with van der Waals surface area (Å²) >= 11 is 0. The Labute approximate surface area is 137 Å². The number of carbonyl (C=O) groups is 1. The number of ether oxygens (including phenoxy) is 1. The highest BCUT2D eigenvalue weighted by atomic mass is 32.2. The van der Waals surface area contributed by atoms with E-state index in [1.54, 1.807) is 0 Å². The number of hydrogen-bond acceptors (Lipinski definition) is 4. The molecule has 1 N–H and O–H groups in total. The number of hydrogen-bond donors (Lipinski definition) is 1. The van der Waals surface area contributed by atoms with Crippen LogP contribution in [0, 0.1) is 5.92 Å². The van der Waals surface area contributed by atoms with Crippen molar-refractivity contribution >= 4 is 15.9 Å². The van der Waals surface area contributed by atoms with Crippen LogP contribution in [-0.2, 0) is 21.2 Å². The lowest BCUT2D eigenvalue weighted by Gasteiger charge is -2.37. The smallest absolute Gasteiger partial charge is 0.317 e. The fraction of sp³-hybridized carbons (Fsp3) is 0.562. The average Bonchev–Trinajstić information content (AvgIpc) is 2.43. The van der Waals surface area contributed by atoms with Crippen molar-refractivity contribution in [2.45, 2.75) is 18.8 Å². The van der Waals surface area contributed by atoms with E-state index in [1.807, 2.05) is 37.3 Å². The zero-order valence-corrected chi connectivity index (χ0v) is 14.4. The van der Waals surface area contributed by atoms with Crippen LogP contribution in [0.1, 0.15) is 12.5 Å². The molecule has 1 aromatic carbocycles. The number of sulfone groups is 1. The van der Waals surface area contributed by atoms with Crippen molar-refractivity contribution in [3.05, 3.63) is 35.9 Å². The van der Waals surface area contributed by atoms with Crippen LogP contribution in [0.25, 0.3) is 0 Å². The zero-order valence-electron chi connectivity index (χ0n) is 13.6. The van der Waals surface area contributed by atoms with Crippen molar-refractivity contribution in [1.29, 1.82) is 0 Å². The first kappa shape index (κ1) is 17.7. The monoisotopic (exact) mass is 340 g/mol. The molecule has 0 saturated carbocycles. The molecule has 1 fully saturated rings. The summed E-state index contributed by atoms with van der Waals surface area (Å²) in [5.74, 6) is 0.189. The molecule has 7 heteroatoms. The van der Waals surface area contributed by atoms with Gasteiger partial charge < -0.3 is 15.0 Å². The molecule has 0 radical (unpaired) electrons. The van der Waals surface area contributed by atoms with Crippen molar-refractivity contribution in [3.63, 3.8) is 0 Å². The normalized spacial score (nSPS) is 16.7. The quantitative estimate of drug-likeness (QED) is 0.811. The molecule has 6 nitrogen and oxygen atoms in total. The van der Waals surface area contributed by atoms with Crippen LogP contribution in [0.2, 0.25) is 0 Å². The summed E-state index contributed by atoms with van der Waals surface area (Å²) in [7, 11) is -3.04. The standard InChI is InChI=1S/C16H24N2O4S/c1-13(11-22-12-14-6-4-3-5-7-14)8-17-16(19)18-9-15(10-18)23(2,20)21/h3-7,13,15H,8-12H2,1-2H3,(H,17,19). The second-order valence-electron chi connectivity index (χ2n) is 6.15. The van der Waals surface area contributed by atoms with E-state index in [0.717, 1.165) is 5.56 Å². The number of amides is 2. The second-order valence-corrected chi connectivity index (χ2v) is 8.47. The second kappa shape index (κ2) is 7.79. The van der Waals surface area contributed by atoms with Gasteiger partial charge in [-0.15, -0.1) is 0 Å². The molecule has 1 aliphatic heterocycles. The Morgan fingerprint density at radius 3 is 2.61 bits per heavy atom. The summed E-state index contributed by atoms with van der Waals surface area (Å²) in [6.07, 6.45) is 1.21. The maximum absolute atomic E-state index is 11.9. The first-order chi connectivity index (χ1) is 10.9. The van der Waals surface area contributed by atoms with Crippen molar-refractivity contribution in [2.75, 3.05) is 32.5 Å². The highest BCUT2D eigenvalue weighted by Crippen LogP contribution is 2.15. The van der Waals surface area contributed by atoms with Gasteiger partial charge in [0.15, 0.2) is 9.84 Å². The first-order valence-corrected chi connectivity index (χ1v) is 9.65. The molecule has 0 aliphatic carbocycles. The molecule has 23 heavy (non-hydrogen) atoms. The lowest BCUT2D eigenvalue weighted by Crippen LogP contribution is -2.59. The van der Waals surface area contributed by atoms with Gasteiger partial charge in [0.25, 0.3) is 0 Å². The average molecular weight is 340 g/mol. The minimum atomic E-state index is -3.04. The minimum Gasteiger partial charge on any atom is -0.376 e. The van der Waals surface area contributed by atoms with Crippen LogP contribution >= 0.6 is 0 Å². The van der Waals surface area contributed by atoms with Crippen LogP contribution in [0.15, 0.2) is 30.3 Å². The number of benzene rings is 1. The molecule has 128 valence electrons. The Bertz CT molecular complexity index is 612. The molecule has 1 aromatic rings. The minimum absolute atomic E-state index is 0.189. The Morgan fingerprint density at radius 2 is 2.00 bits per heavy atom. The number of urea groups is 1. The van der Waals surface area contributed by atoms with Gasteiger partial charge in [0.2, 0.25) is 0 Å². The number of nitrogens with one attached hydrogen (secondary N) is 1. The fourth-order valence-corrected chi connectivity index (χ4v) is 3.16. The summed E-state index contributed by atoms with van der Waals surface area (Å²) < 4.78 is 28.2. The maximum atomic E-state index is 11.9. The fourth-order valence-electron chi connectivity index (χ4n) is 2.26. The summed E-state index contributed by atoms with van der Waals surface area (Å²) in [6, 6.07) is 9.72. The third-order valence-corrected chi connectivity index (χ3v) is 5.37. The van der Waals surface area contributed by atoms with Crippen LogP contribution in [0.4, 0.5) is 4.79 Å². The Balaban J connectivity index is 1.59. The molecule has 1 aliphatic rings. The molecule has 1 heterocycles. The van der Waals surface area contributed by atoms with Gasteiger partial charge in [0, 0.05) is 25.9 Å². The number of carbonyl (C=O) groups excluding carboxylic acids is 1. The van der Waals surface area contributed by atoms with Crippen LogP contribution in [-0.4, -0.2) is 57.1 Å². The molecule has 1 atom stereocenters. The summed E-state index contributed by atoms with van der Waals surface area (Å²) in [5.41, 5.74) is 1.12. The molecule has 2 amide bonds. The van der Waals surface area contributed by atoms with E-state index in [1.165, 1.54) is 11.2 Å². The van der Waals surface area contributed by atoms with E-state index < -0.39 is 15.1 Å². The topological polar surface area (TPSA) is 75.7 Å². The summed E-state index contributed by atoms with van der Waals surface area (Å²) in [4.78, 5) is 13.4. The first-order valence-electron chi connectivity index (χ1n) is 7.69. The molecule has 0 aromatic heterocycles. The lowest BCUT2D eigenvalue weighted by atomic mass is 10.2. The van der Waals surface area contributed by atoms with Crippen LogP contribution in [0.3, 0.4) is 0 Å². The van der Waals surface area contributed by atoms with Gasteiger partial charge in [0.05, 0.1) is 18.5 Å². The third kappa shape index (κ3) is 5.51. The Hall–Kier alpha value is -1.60. The van der Waals surface area contributed by atoms with Gasteiger partial charge in [0.1, 0.15) is 0 Å². The zero-order chi connectivity index (χ0) is 16.9. The van der Waals surface area contributed by atoms with Gasteiger partial charge >= 0.3 is 6.03 Å². The third-order valence-electron chi connectivity index (χ3n) is 3.86. The Kier molecular flexibility index (Phi) is 6.01. The number of rotatable bonds is 7. The molecule has 1 saturated heterocycles. The van der Waals surface area contributed by atoms with E-state index in [-0.39, 0.29) is 25.0 Å². The lowest BCUT2D eigenvalue weighted by molar-refractivity contribution is 0.0911. The molecule has 0 spiro atoms. The summed E-state index contributed by atoms with van der Waals surface area (Å²) in [5, 5.41) is 2.40. The van der Waals surface area contributed by atoms with Crippen molar-refractivity contribution in [3.8, 4) is 0 Å². The van der Waals surface area contributed by atoms with E-state index in [9.17, 15) is 13.2 Å². The van der Waals surface area contributed by atoms with Gasteiger partial charge in [-0.25, -0.2) is 13.2 Å². The highest BCUT2D eigenvalue weighted by molar-refractivity contribution is 7.91. The van der Waals surface area contributed by atoms with Gasteiger partial charge in [-0.2, -0.15) is 0 Å². The van der Waals surface area contributed by atoms with Crippen molar-refractivity contribution in [1.82, 2.24) is 10.2 Å². The highest BCUT2D eigenvalue weighted by Gasteiger charge is 2.37. The van der Waals surface area contributed by atoms with E-state index in [4.69, 9.17) is 4.74 Å². The molecular formula is C16H24N2O4S. The molecular weight excluding hydrogens is 316 g/mol. The number of likely N-dealkylation sites (tertiary alicyclic amines) is 1. The predicted molar refractivity (Wildman–Crippen MR) is 88.9 cm³/mol. The van der Waals surface area contributed by atoms with Crippen LogP contribution in [0.5, 0.6) is 0 Å². The van der Waals surface area contributed by atoms with E-state index >= 15 is 0 Å². The molecule has 1 unspecified atom stereocenters. The van der Waals surface area contributed by atoms with E-state index in [2.05, 4.69) is 5.32 Å². The largest absolute Gasteiger partial charge is 0.376 e. The maximum Gasteiger partial charge on any atom is 0.317 e. The summed E-state index contributed by atoms with van der Waals surface area (Å²) in [6.45, 7) is 4.18. The van der Waals surface area contributed by atoms with E-state index in [0.29, 0.717) is 19.8 Å². The van der Waals surface area contributed by atoms with Gasteiger partial charge in [-0.3, -0.25) is 0 Å². The Morgan fingerprint density at radius 1 is 1.35 bits per heavy atom. The SMILES string of the molecule is CC(CNC(=O)N1CC(S(C)(=O)=O)C1)COCc1ccccc1. The van der Waals surface area contributed by atoms with Crippen molar-refractivity contribution in [2.24, 2.45) is 5.92 Å². The number of nitrogens with zero attached hydrogens (tertiary/aromatic N) is 1. The van der Waals surface area contributed by atoms with Crippen molar-refractivity contribution < 1.29 is 17.9 Å². The van der Waals surface area contributed by atoms with Crippen LogP contribution < -0.4 is 5.32 Å². The molecule has 0 bridgehead atoms. The predicted octanol–water partition coefficient (Wildman–Crippen LogP) is 1.28. The molecule has 2 rings (SSSR count). The van der Waals surface area contributed by atoms with Gasteiger partial charge in [-0.05, 0) is 11.5 Å². The van der Waals surface area contributed by atoms with Gasteiger partial charge in [-0.1, -0.05) is 37.3 Å².